The van der Waals surface area contributed by atoms with E-state index in [2.05, 4.69) is 34.1 Å². The molecule has 28 heavy (non-hydrogen) atoms. The van der Waals surface area contributed by atoms with E-state index >= 15 is 0 Å². The van der Waals surface area contributed by atoms with Gasteiger partial charge in [-0.3, -0.25) is 14.7 Å². The second kappa shape index (κ2) is 8.70. The van der Waals surface area contributed by atoms with Crippen molar-refractivity contribution in [2.75, 3.05) is 52.4 Å². The number of thiazole rings is 1. The van der Waals surface area contributed by atoms with Crippen molar-refractivity contribution in [3.63, 3.8) is 0 Å². The van der Waals surface area contributed by atoms with Crippen LogP contribution in [0.2, 0.25) is 0 Å². The fraction of sp³-hybridized carbons (Fsp3) is 0.450. The Kier molecular flexibility index (Phi) is 5.87. The summed E-state index contributed by atoms with van der Waals surface area (Å²) in [5.74, 6) is 0.0177. The molecule has 0 unspecified atom stereocenters. The van der Waals surface area contributed by atoms with Gasteiger partial charge in [-0.25, -0.2) is 4.79 Å². The maximum absolute atomic E-state index is 12.8. The highest BCUT2D eigenvalue weighted by Crippen LogP contribution is 2.14. The molecule has 7 nitrogen and oxygen atoms in total. The normalized spacial score (nSPS) is 18.4. The zero-order valence-corrected chi connectivity index (χ0v) is 16.7. The molecule has 0 bridgehead atoms. The number of aromatic nitrogens is 1. The zero-order valence-electron chi connectivity index (χ0n) is 15.9. The van der Waals surface area contributed by atoms with Gasteiger partial charge in [0.2, 0.25) is 0 Å². The number of rotatable bonds is 3. The summed E-state index contributed by atoms with van der Waals surface area (Å²) in [6.07, 6.45) is 1.61. The maximum Gasteiger partial charge on any atom is 0.320 e. The molecule has 0 N–H and O–H groups in total. The standard InChI is InChI=1S/C20H25N5O2S/c26-19(18-14-21-16-28-18)23-10-12-25(13-11-23)20(27)24-8-6-22(7-9-24)15-17-4-2-1-3-5-17/h1-5,14,16H,6-13,15H2. The molecular weight excluding hydrogens is 374 g/mol. The number of hydrogen-bond acceptors (Lipinski definition) is 5. The molecule has 2 saturated heterocycles. The number of nitrogens with zero attached hydrogens (tertiary/aromatic N) is 5. The second-order valence-electron chi connectivity index (χ2n) is 7.18. The monoisotopic (exact) mass is 399 g/mol. The number of urea groups is 1. The van der Waals surface area contributed by atoms with E-state index < -0.39 is 0 Å². The molecule has 0 saturated carbocycles. The van der Waals surface area contributed by atoms with Crippen molar-refractivity contribution < 1.29 is 9.59 Å². The number of carbonyl (C=O) groups excluding carboxylic acids is 2. The van der Waals surface area contributed by atoms with Gasteiger partial charge in [0.1, 0.15) is 4.88 Å². The molecule has 0 aliphatic carbocycles. The molecule has 2 aromatic rings. The van der Waals surface area contributed by atoms with Gasteiger partial charge in [-0.05, 0) is 5.56 Å². The van der Waals surface area contributed by atoms with Crippen LogP contribution in [0.4, 0.5) is 4.79 Å². The minimum Gasteiger partial charge on any atom is -0.334 e. The van der Waals surface area contributed by atoms with E-state index in [1.54, 1.807) is 11.7 Å². The van der Waals surface area contributed by atoms with Crippen LogP contribution in [-0.4, -0.2) is 88.9 Å². The SMILES string of the molecule is O=C(c1cncs1)N1CCN(C(=O)N2CCN(Cc3ccccc3)CC2)CC1. The minimum atomic E-state index is 0.0177. The third-order valence-electron chi connectivity index (χ3n) is 5.37. The van der Waals surface area contributed by atoms with Gasteiger partial charge in [0, 0.05) is 58.9 Å². The fourth-order valence-corrected chi connectivity index (χ4v) is 4.30. The predicted octanol–water partition coefficient (Wildman–Crippen LogP) is 1.84. The number of piperazine rings is 2. The van der Waals surface area contributed by atoms with Gasteiger partial charge in [-0.15, -0.1) is 11.3 Å². The van der Waals surface area contributed by atoms with Crippen LogP contribution in [0.5, 0.6) is 0 Å². The molecule has 8 heteroatoms. The van der Waals surface area contributed by atoms with Gasteiger partial charge < -0.3 is 14.7 Å². The van der Waals surface area contributed by atoms with Crippen molar-refractivity contribution in [1.29, 1.82) is 0 Å². The van der Waals surface area contributed by atoms with Crippen molar-refractivity contribution in [3.8, 4) is 0 Å². The summed E-state index contributed by atoms with van der Waals surface area (Å²) in [7, 11) is 0. The quantitative estimate of drug-likeness (QED) is 0.790. The van der Waals surface area contributed by atoms with Crippen LogP contribution in [0, 0.1) is 0 Å². The molecule has 0 spiro atoms. The first kappa shape index (κ1) is 18.9. The van der Waals surface area contributed by atoms with Crippen LogP contribution in [0.1, 0.15) is 15.2 Å². The molecule has 3 amide bonds. The van der Waals surface area contributed by atoms with E-state index in [9.17, 15) is 9.59 Å². The molecule has 0 radical (unpaired) electrons. The molecule has 1 aromatic carbocycles. The van der Waals surface area contributed by atoms with Crippen LogP contribution in [0.25, 0.3) is 0 Å². The lowest BCUT2D eigenvalue weighted by Crippen LogP contribution is -2.57. The van der Waals surface area contributed by atoms with E-state index in [0.29, 0.717) is 31.1 Å². The highest BCUT2D eigenvalue weighted by Gasteiger charge is 2.29. The molecule has 0 atom stereocenters. The Hall–Kier alpha value is -2.45. The van der Waals surface area contributed by atoms with Crippen molar-refractivity contribution in [2.45, 2.75) is 6.54 Å². The lowest BCUT2D eigenvalue weighted by atomic mass is 10.2. The molecule has 1 aromatic heterocycles. The van der Waals surface area contributed by atoms with Gasteiger partial charge in [-0.2, -0.15) is 0 Å². The summed E-state index contributed by atoms with van der Waals surface area (Å²) in [6.45, 7) is 6.57. The first-order chi connectivity index (χ1) is 13.7. The van der Waals surface area contributed by atoms with Crippen LogP contribution in [0.15, 0.2) is 42.0 Å². The molecular formula is C20H25N5O2S. The van der Waals surface area contributed by atoms with Crippen LogP contribution >= 0.6 is 11.3 Å². The summed E-state index contributed by atoms with van der Waals surface area (Å²) in [6, 6.07) is 10.5. The summed E-state index contributed by atoms with van der Waals surface area (Å²) < 4.78 is 0. The van der Waals surface area contributed by atoms with E-state index in [1.807, 2.05) is 20.8 Å². The summed E-state index contributed by atoms with van der Waals surface area (Å²) >= 11 is 1.36. The summed E-state index contributed by atoms with van der Waals surface area (Å²) in [4.78, 5) is 37.9. The Balaban J connectivity index is 1.23. The second-order valence-corrected chi connectivity index (χ2v) is 8.06. The lowest BCUT2D eigenvalue weighted by molar-refractivity contribution is 0.0613. The topological polar surface area (TPSA) is 60.0 Å². The number of amides is 3. The third kappa shape index (κ3) is 4.34. The number of hydrogen-bond donors (Lipinski definition) is 0. The predicted molar refractivity (Wildman–Crippen MR) is 108 cm³/mol. The van der Waals surface area contributed by atoms with Crippen molar-refractivity contribution in [3.05, 3.63) is 52.5 Å². The molecule has 3 heterocycles. The Morgan fingerprint density at radius 2 is 1.46 bits per heavy atom. The van der Waals surface area contributed by atoms with E-state index in [1.165, 1.54) is 16.9 Å². The van der Waals surface area contributed by atoms with Crippen molar-refractivity contribution in [2.24, 2.45) is 0 Å². The average molecular weight is 400 g/mol. The molecule has 2 fully saturated rings. The molecule has 2 aliphatic heterocycles. The maximum atomic E-state index is 12.8. The Labute approximate surface area is 169 Å². The van der Waals surface area contributed by atoms with E-state index in [-0.39, 0.29) is 11.9 Å². The summed E-state index contributed by atoms with van der Waals surface area (Å²) in [5.41, 5.74) is 2.98. The molecule has 2 aliphatic rings. The fourth-order valence-electron chi connectivity index (χ4n) is 3.72. The van der Waals surface area contributed by atoms with Gasteiger partial charge in [-0.1, -0.05) is 30.3 Å². The van der Waals surface area contributed by atoms with Crippen LogP contribution < -0.4 is 0 Å². The smallest absolute Gasteiger partial charge is 0.320 e. The highest BCUT2D eigenvalue weighted by atomic mass is 32.1. The Morgan fingerprint density at radius 1 is 0.857 bits per heavy atom. The van der Waals surface area contributed by atoms with Crippen molar-refractivity contribution >= 4 is 23.3 Å². The molecule has 4 rings (SSSR count). The van der Waals surface area contributed by atoms with Gasteiger partial charge in [0.15, 0.2) is 0 Å². The van der Waals surface area contributed by atoms with E-state index in [4.69, 9.17) is 0 Å². The number of carbonyl (C=O) groups is 2. The van der Waals surface area contributed by atoms with Crippen LogP contribution in [0.3, 0.4) is 0 Å². The van der Waals surface area contributed by atoms with E-state index in [0.717, 1.165) is 32.7 Å². The zero-order chi connectivity index (χ0) is 19.3. The average Bonchev–Trinajstić information content (AvgIpc) is 3.29. The third-order valence-corrected chi connectivity index (χ3v) is 6.13. The Morgan fingerprint density at radius 3 is 2.07 bits per heavy atom. The number of benzene rings is 1. The van der Waals surface area contributed by atoms with Gasteiger partial charge in [0.25, 0.3) is 5.91 Å². The van der Waals surface area contributed by atoms with Gasteiger partial charge >= 0.3 is 6.03 Å². The van der Waals surface area contributed by atoms with Gasteiger partial charge in [0.05, 0.1) is 11.7 Å². The molecule has 148 valence electrons. The first-order valence-electron chi connectivity index (χ1n) is 9.68. The minimum absolute atomic E-state index is 0.0177. The lowest BCUT2D eigenvalue weighted by Gasteiger charge is -2.40. The van der Waals surface area contributed by atoms with Crippen molar-refractivity contribution in [1.82, 2.24) is 24.6 Å². The highest BCUT2D eigenvalue weighted by molar-refractivity contribution is 7.11. The first-order valence-corrected chi connectivity index (χ1v) is 10.6. The Bertz CT molecular complexity index is 782. The van der Waals surface area contributed by atoms with Crippen LogP contribution in [-0.2, 0) is 6.54 Å². The largest absolute Gasteiger partial charge is 0.334 e. The summed E-state index contributed by atoms with van der Waals surface area (Å²) in [5, 5.41) is 0.